The predicted molar refractivity (Wildman–Crippen MR) is 57.2 cm³/mol. The van der Waals surface area contributed by atoms with Crippen LogP contribution in [0.15, 0.2) is 0 Å². The highest BCUT2D eigenvalue weighted by Crippen LogP contribution is 2.30. The number of fused-ring (bicyclic) bond motifs is 1. The van der Waals surface area contributed by atoms with Gasteiger partial charge >= 0.3 is 0 Å². The van der Waals surface area contributed by atoms with Crippen molar-refractivity contribution in [2.45, 2.75) is 63.3 Å². The molecule has 4 unspecified atom stereocenters. The smallest absolute Gasteiger partial charge is 0.239 e. The van der Waals surface area contributed by atoms with Gasteiger partial charge in [-0.1, -0.05) is 0 Å². The Morgan fingerprint density at radius 1 is 1.33 bits per heavy atom. The summed E-state index contributed by atoms with van der Waals surface area (Å²) >= 11 is 0. The van der Waals surface area contributed by atoms with Crippen molar-refractivity contribution in [1.82, 2.24) is 4.90 Å². The van der Waals surface area contributed by atoms with Gasteiger partial charge < -0.3 is 15.7 Å². The van der Waals surface area contributed by atoms with Crippen molar-refractivity contribution < 1.29 is 9.90 Å². The highest BCUT2D eigenvalue weighted by Gasteiger charge is 2.38. The largest absolute Gasteiger partial charge is 0.393 e. The summed E-state index contributed by atoms with van der Waals surface area (Å²) in [7, 11) is 0. The second-order valence-electron chi connectivity index (χ2n) is 4.90. The number of nitrogens with two attached hydrogens (primary N) is 1. The van der Waals surface area contributed by atoms with Gasteiger partial charge in [0.1, 0.15) is 0 Å². The van der Waals surface area contributed by atoms with Crippen molar-refractivity contribution in [1.29, 1.82) is 0 Å². The lowest BCUT2D eigenvalue weighted by Crippen LogP contribution is -2.51. The van der Waals surface area contributed by atoms with E-state index in [1.807, 2.05) is 4.90 Å². The molecule has 15 heavy (non-hydrogen) atoms. The van der Waals surface area contributed by atoms with Crippen molar-refractivity contribution in [3.8, 4) is 0 Å². The lowest BCUT2D eigenvalue weighted by molar-refractivity contribution is -0.137. The monoisotopic (exact) mass is 212 g/mol. The number of aliphatic hydroxyl groups excluding tert-OH is 1. The Hall–Kier alpha value is -0.610. The summed E-state index contributed by atoms with van der Waals surface area (Å²) in [6.07, 6.45) is 3.75. The van der Waals surface area contributed by atoms with Crippen LogP contribution in [0.3, 0.4) is 0 Å². The Morgan fingerprint density at radius 2 is 2.07 bits per heavy atom. The van der Waals surface area contributed by atoms with Crippen LogP contribution in [0.25, 0.3) is 0 Å². The summed E-state index contributed by atoms with van der Waals surface area (Å²) in [4.78, 5) is 13.9. The summed E-state index contributed by atoms with van der Waals surface area (Å²) in [5.74, 6) is 0.0805. The summed E-state index contributed by atoms with van der Waals surface area (Å²) in [6.45, 7) is 2.07. The number of nitrogens with zero attached hydrogens (tertiary/aromatic N) is 1. The highest BCUT2D eigenvalue weighted by atomic mass is 16.3. The molecule has 0 bridgehead atoms. The van der Waals surface area contributed by atoms with Gasteiger partial charge in [0.25, 0.3) is 0 Å². The summed E-state index contributed by atoms with van der Waals surface area (Å²) in [5.41, 5.74) is 5.83. The molecule has 0 saturated carbocycles. The number of hydrogen-bond acceptors (Lipinski definition) is 3. The van der Waals surface area contributed by atoms with E-state index in [0.717, 1.165) is 19.3 Å². The van der Waals surface area contributed by atoms with E-state index in [2.05, 4.69) is 6.92 Å². The minimum absolute atomic E-state index is 0.0805. The molecule has 0 aliphatic carbocycles. The normalized spacial score (nSPS) is 42.3. The van der Waals surface area contributed by atoms with E-state index < -0.39 is 6.04 Å². The molecule has 2 aliphatic rings. The third-order valence-electron chi connectivity index (χ3n) is 3.71. The fraction of sp³-hybridized carbons (Fsp3) is 0.909. The third-order valence-corrected chi connectivity index (χ3v) is 3.71. The Balaban J connectivity index is 2.17. The molecule has 4 atom stereocenters. The number of hydrogen-bond donors (Lipinski definition) is 2. The van der Waals surface area contributed by atoms with Crippen molar-refractivity contribution in [2.75, 3.05) is 0 Å². The Labute approximate surface area is 90.4 Å². The molecule has 86 valence electrons. The Morgan fingerprint density at radius 3 is 2.80 bits per heavy atom. The Kier molecular flexibility index (Phi) is 2.98. The van der Waals surface area contributed by atoms with Gasteiger partial charge in [-0.15, -0.1) is 0 Å². The lowest BCUT2D eigenvalue weighted by atomic mass is 9.97. The van der Waals surface area contributed by atoms with Crippen LogP contribution in [0, 0.1) is 0 Å². The first-order valence-electron chi connectivity index (χ1n) is 5.85. The predicted octanol–water partition coefficient (Wildman–Crippen LogP) is 0.238. The summed E-state index contributed by atoms with van der Waals surface area (Å²) < 4.78 is 0. The van der Waals surface area contributed by atoms with E-state index in [4.69, 9.17) is 5.73 Å². The van der Waals surface area contributed by atoms with Crippen molar-refractivity contribution in [3.63, 3.8) is 0 Å². The summed E-state index contributed by atoms with van der Waals surface area (Å²) in [6, 6.07) is 0.0932. The van der Waals surface area contributed by atoms with E-state index in [-0.39, 0.29) is 18.1 Å². The van der Waals surface area contributed by atoms with Gasteiger partial charge in [-0.2, -0.15) is 0 Å². The molecule has 2 rings (SSSR count). The molecule has 0 aromatic carbocycles. The maximum Gasteiger partial charge on any atom is 0.239 e. The van der Waals surface area contributed by atoms with Crippen molar-refractivity contribution in [3.05, 3.63) is 0 Å². The number of aliphatic hydroxyl groups is 1. The van der Waals surface area contributed by atoms with E-state index in [1.54, 1.807) is 0 Å². The number of amides is 1. The lowest BCUT2D eigenvalue weighted by Gasteiger charge is -2.34. The van der Waals surface area contributed by atoms with Crippen LogP contribution in [0.2, 0.25) is 0 Å². The quantitative estimate of drug-likeness (QED) is 0.604. The molecule has 2 saturated heterocycles. The number of carbonyl (C=O) groups excluding carboxylic acids is 1. The van der Waals surface area contributed by atoms with Crippen LogP contribution in [0.4, 0.5) is 0 Å². The third kappa shape index (κ3) is 2.01. The standard InChI is InChI=1S/C11H20N2O2/c1-7-2-3-8-6-9(14)4-5-10(12)11(15)13(7)8/h7-10,14H,2-6,12H2,1H3. The average Bonchev–Trinajstić information content (AvgIpc) is 2.53. The second-order valence-corrected chi connectivity index (χ2v) is 4.90. The van der Waals surface area contributed by atoms with Gasteiger partial charge in [0.15, 0.2) is 0 Å². The van der Waals surface area contributed by atoms with Gasteiger partial charge in [-0.3, -0.25) is 4.79 Å². The van der Waals surface area contributed by atoms with Crippen LogP contribution < -0.4 is 5.73 Å². The van der Waals surface area contributed by atoms with Crippen LogP contribution in [-0.2, 0) is 4.79 Å². The van der Waals surface area contributed by atoms with E-state index in [9.17, 15) is 9.90 Å². The average molecular weight is 212 g/mol. The number of rotatable bonds is 0. The fourth-order valence-electron chi connectivity index (χ4n) is 2.82. The zero-order chi connectivity index (χ0) is 11.0. The SMILES string of the molecule is CC1CCC2CC(O)CCC(N)C(=O)N12. The van der Waals surface area contributed by atoms with Crippen LogP contribution in [-0.4, -0.2) is 40.1 Å². The van der Waals surface area contributed by atoms with Gasteiger partial charge in [-0.25, -0.2) is 0 Å². The highest BCUT2D eigenvalue weighted by molar-refractivity contribution is 5.82. The Bertz CT molecular complexity index is 257. The molecule has 0 aromatic heterocycles. The van der Waals surface area contributed by atoms with Crippen LogP contribution in [0.5, 0.6) is 0 Å². The number of carbonyl (C=O) groups is 1. The maximum atomic E-state index is 12.0. The van der Waals surface area contributed by atoms with E-state index in [1.165, 1.54) is 0 Å². The van der Waals surface area contributed by atoms with E-state index in [0.29, 0.717) is 18.9 Å². The van der Waals surface area contributed by atoms with Gasteiger partial charge in [0, 0.05) is 12.1 Å². The summed E-state index contributed by atoms with van der Waals surface area (Å²) in [5, 5.41) is 9.76. The van der Waals surface area contributed by atoms with Gasteiger partial charge in [0.2, 0.25) is 5.91 Å². The fourth-order valence-corrected chi connectivity index (χ4v) is 2.82. The minimum atomic E-state index is -0.414. The molecular formula is C11H20N2O2. The first-order chi connectivity index (χ1) is 7.09. The van der Waals surface area contributed by atoms with E-state index >= 15 is 0 Å². The maximum absolute atomic E-state index is 12.0. The zero-order valence-corrected chi connectivity index (χ0v) is 9.22. The molecule has 0 radical (unpaired) electrons. The molecule has 2 heterocycles. The first kappa shape index (κ1) is 10.9. The van der Waals surface area contributed by atoms with Crippen molar-refractivity contribution >= 4 is 5.91 Å². The molecule has 2 aliphatic heterocycles. The molecule has 3 N–H and O–H groups in total. The molecule has 1 amide bonds. The van der Waals surface area contributed by atoms with Crippen LogP contribution in [0.1, 0.15) is 39.0 Å². The molecule has 4 nitrogen and oxygen atoms in total. The minimum Gasteiger partial charge on any atom is -0.393 e. The van der Waals surface area contributed by atoms with Crippen molar-refractivity contribution in [2.24, 2.45) is 5.73 Å². The molecular weight excluding hydrogens is 192 g/mol. The second kappa shape index (κ2) is 4.10. The van der Waals surface area contributed by atoms with Gasteiger partial charge in [0.05, 0.1) is 12.1 Å². The van der Waals surface area contributed by atoms with Gasteiger partial charge in [-0.05, 0) is 39.0 Å². The zero-order valence-electron chi connectivity index (χ0n) is 9.22. The molecule has 4 heteroatoms. The molecule has 0 aromatic rings. The molecule has 2 fully saturated rings. The topological polar surface area (TPSA) is 66.6 Å². The first-order valence-corrected chi connectivity index (χ1v) is 5.85. The van der Waals surface area contributed by atoms with Crippen LogP contribution >= 0.6 is 0 Å². The molecule has 0 spiro atoms.